The molecule has 5 heteroatoms. The molecule has 0 fully saturated rings. The van der Waals surface area contributed by atoms with Gasteiger partial charge in [0.05, 0.1) is 24.0 Å². The normalized spacial score (nSPS) is 10.9. The van der Waals surface area contributed by atoms with Crippen LogP contribution < -0.4 is 15.8 Å². The van der Waals surface area contributed by atoms with Crippen LogP contribution in [-0.2, 0) is 6.54 Å². The van der Waals surface area contributed by atoms with Gasteiger partial charge in [-0.25, -0.2) is 0 Å². The number of fused-ring (bicyclic) bond motifs is 1. The van der Waals surface area contributed by atoms with Crippen molar-refractivity contribution in [3.8, 4) is 17.0 Å². The predicted molar refractivity (Wildman–Crippen MR) is 123 cm³/mol. The molecular weight excluding hydrogens is 374 g/mol. The van der Waals surface area contributed by atoms with Crippen molar-refractivity contribution in [1.82, 2.24) is 4.57 Å². The number of nitrogen functional groups attached to an aromatic ring is 1. The van der Waals surface area contributed by atoms with Crippen molar-refractivity contribution >= 4 is 28.2 Å². The molecule has 0 bridgehead atoms. The number of carbonyl (C=O) groups is 1. The van der Waals surface area contributed by atoms with Gasteiger partial charge in [-0.1, -0.05) is 29.8 Å². The van der Waals surface area contributed by atoms with Crippen molar-refractivity contribution in [2.75, 3.05) is 18.2 Å². The van der Waals surface area contributed by atoms with Gasteiger partial charge >= 0.3 is 0 Å². The number of ether oxygens (including phenoxy) is 1. The van der Waals surface area contributed by atoms with Crippen LogP contribution in [0.1, 0.15) is 22.8 Å². The number of aryl methyl sites for hydroxylation is 2. The summed E-state index contributed by atoms with van der Waals surface area (Å²) in [5, 5.41) is 3.92. The van der Waals surface area contributed by atoms with Gasteiger partial charge in [0.2, 0.25) is 0 Å². The number of benzene rings is 3. The zero-order valence-corrected chi connectivity index (χ0v) is 17.4. The first-order valence-electron chi connectivity index (χ1n) is 9.96. The Labute approximate surface area is 176 Å². The van der Waals surface area contributed by atoms with E-state index in [1.54, 1.807) is 7.11 Å². The van der Waals surface area contributed by atoms with Gasteiger partial charge < -0.3 is 20.4 Å². The Hall–Kier alpha value is -3.73. The molecular formula is C25H25N3O2. The van der Waals surface area contributed by atoms with E-state index in [2.05, 4.69) is 16.8 Å². The molecule has 0 aliphatic carbocycles. The number of methoxy groups -OCH3 is 1. The Morgan fingerprint density at radius 1 is 1.03 bits per heavy atom. The summed E-state index contributed by atoms with van der Waals surface area (Å²) in [6, 6.07) is 21.2. The molecule has 0 aliphatic heterocycles. The molecule has 0 spiro atoms. The topological polar surface area (TPSA) is 69.3 Å². The highest BCUT2D eigenvalue weighted by Gasteiger charge is 2.17. The lowest BCUT2D eigenvalue weighted by Gasteiger charge is -2.11. The summed E-state index contributed by atoms with van der Waals surface area (Å²) >= 11 is 0. The Morgan fingerprint density at radius 2 is 1.73 bits per heavy atom. The summed E-state index contributed by atoms with van der Waals surface area (Å²) in [5.41, 5.74) is 12.7. The van der Waals surface area contributed by atoms with Gasteiger partial charge in [-0.2, -0.15) is 0 Å². The fourth-order valence-corrected chi connectivity index (χ4v) is 3.74. The van der Waals surface area contributed by atoms with E-state index in [-0.39, 0.29) is 5.91 Å². The number of rotatable bonds is 5. The zero-order chi connectivity index (χ0) is 21.3. The van der Waals surface area contributed by atoms with Gasteiger partial charge in [0.15, 0.2) is 0 Å². The highest BCUT2D eigenvalue weighted by molar-refractivity contribution is 6.05. The Kier molecular flexibility index (Phi) is 5.19. The SMILES string of the molecule is CCn1c(-c2ccc(C(=O)Nc3ccc(C)cc3)cc2)c(N)c2ccc(OC)cc21. The maximum atomic E-state index is 12.6. The van der Waals surface area contributed by atoms with Crippen LogP contribution in [0.15, 0.2) is 66.7 Å². The Morgan fingerprint density at radius 3 is 2.37 bits per heavy atom. The van der Waals surface area contributed by atoms with E-state index in [4.69, 9.17) is 10.5 Å². The monoisotopic (exact) mass is 399 g/mol. The molecule has 152 valence electrons. The average Bonchev–Trinajstić information content (AvgIpc) is 3.06. The fraction of sp³-hybridized carbons (Fsp3) is 0.160. The van der Waals surface area contributed by atoms with E-state index in [1.807, 2.05) is 73.7 Å². The molecule has 0 saturated carbocycles. The highest BCUT2D eigenvalue weighted by Crippen LogP contribution is 2.37. The average molecular weight is 399 g/mol. The first-order chi connectivity index (χ1) is 14.5. The number of nitrogens with one attached hydrogen (secondary N) is 1. The third-order valence-corrected chi connectivity index (χ3v) is 5.36. The van der Waals surface area contributed by atoms with Crippen molar-refractivity contribution in [2.45, 2.75) is 20.4 Å². The van der Waals surface area contributed by atoms with Crippen molar-refractivity contribution in [3.63, 3.8) is 0 Å². The van der Waals surface area contributed by atoms with Gasteiger partial charge in [0, 0.05) is 34.8 Å². The summed E-state index contributed by atoms with van der Waals surface area (Å²) in [7, 11) is 1.66. The van der Waals surface area contributed by atoms with Crippen molar-refractivity contribution < 1.29 is 9.53 Å². The van der Waals surface area contributed by atoms with Crippen LogP contribution in [0.25, 0.3) is 22.2 Å². The van der Waals surface area contributed by atoms with Gasteiger partial charge in [0.25, 0.3) is 5.91 Å². The van der Waals surface area contributed by atoms with Crippen LogP contribution in [0.4, 0.5) is 11.4 Å². The maximum absolute atomic E-state index is 12.6. The molecule has 4 aromatic rings. The van der Waals surface area contributed by atoms with E-state index in [0.717, 1.165) is 51.4 Å². The first-order valence-corrected chi connectivity index (χ1v) is 9.96. The van der Waals surface area contributed by atoms with Crippen LogP contribution in [0.3, 0.4) is 0 Å². The molecule has 0 unspecified atom stereocenters. The second-order valence-electron chi connectivity index (χ2n) is 7.29. The first kappa shape index (κ1) is 19.6. The summed E-state index contributed by atoms with van der Waals surface area (Å²) < 4.78 is 7.55. The molecule has 0 saturated heterocycles. The number of nitrogens with two attached hydrogens (primary N) is 1. The summed E-state index contributed by atoms with van der Waals surface area (Å²) in [6.07, 6.45) is 0. The van der Waals surface area contributed by atoms with E-state index in [9.17, 15) is 4.79 Å². The van der Waals surface area contributed by atoms with Crippen LogP contribution in [-0.4, -0.2) is 17.6 Å². The molecule has 1 aromatic heterocycles. The summed E-state index contributed by atoms with van der Waals surface area (Å²) in [4.78, 5) is 12.6. The second kappa shape index (κ2) is 7.95. The number of carbonyl (C=O) groups excluding carboxylic acids is 1. The molecule has 5 nitrogen and oxygen atoms in total. The fourth-order valence-electron chi connectivity index (χ4n) is 3.74. The summed E-state index contributed by atoms with van der Waals surface area (Å²) in [6.45, 7) is 4.87. The molecule has 3 aromatic carbocycles. The Bertz CT molecular complexity index is 1210. The number of nitrogens with zero attached hydrogens (tertiary/aromatic N) is 1. The quantitative estimate of drug-likeness (QED) is 0.467. The number of amides is 1. The summed E-state index contributed by atoms with van der Waals surface area (Å²) in [5.74, 6) is 0.656. The molecule has 1 heterocycles. The zero-order valence-electron chi connectivity index (χ0n) is 17.4. The minimum absolute atomic E-state index is 0.140. The van der Waals surface area contributed by atoms with Crippen LogP contribution in [0, 0.1) is 6.92 Å². The molecule has 30 heavy (non-hydrogen) atoms. The predicted octanol–water partition coefficient (Wildman–Crippen LogP) is 5.48. The van der Waals surface area contributed by atoms with Crippen LogP contribution in [0.5, 0.6) is 5.75 Å². The molecule has 3 N–H and O–H groups in total. The third-order valence-electron chi connectivity index (χ3n) is 5.36. The number of anilines is 2. The van der Waals surface area contributed by atoms with Crippen molar-refractivity contribution in [1.29, 1.82) is 0 Å². The van der Waals surface area contributed by atoms with Crippen molar-refractivity contribution in [2.24, 2.45) is 0 Å². The number of hydrogen-bond acceptors (Lipinski definition) is 3. The minimum Gasteiger partial charge on any atom is -0.497 e. The minimum atomic E-state index is -0.140. The van der Waals surface area contributed by atoms with Crippen molar-refractivity contribution in [3.05, 3.63) is 77.9 Å². The molecule has 1 amide bonds. The highest BCUT2D eigenvalue weighted by atomic mass is 16.5. The standard InChI is InChI=1S/C25H25N3O2/c1-4-28-22-15-20(30-3)13-14-21(22)23(26)24(28)17-7-9-18(10-8-17)25(29)27-19-11-5-16(2)6-12-19/h5-15H,4,26H2,1-3H3,(H,27,29). The van der Waals surface area contributed by atoms with Gasteiger partial charge in [-0.3, -0.25) is 4.79 Å². The maximum Gasteiger partial charge on any atom is 0.255 e. The lowest BCUT2D eigenvalue weighted by molar-refractivity contribution is 0.102. The largest absolute Gasteiger partial charge is 0.497 e. The smallest absolute Gasteiger partial charge is 0.255 e. The van der Waals surface area contributed by atoms with Crippen LogP contribution in [0.2, 0.25) is 0 Å². The lowest BCUT2D eigenvalue weighted by Crippen LogP contribution is -2.11. The molecule has 0 aliphatic rings. The van der Waals surface area contributed by atoms with Crippen LogP contribution >= 0.6 is 0 Å². The van der Waals surface area contributed by atoms with E-state index in [0.29, 0.717) is 5.56 Å². The second-order valence-corrected chi connectivity index (χ2v) is 7.29. The third kappa shape index (κ3) is 3.50. The Balaban J connectivity index is 1.67. The van der Waals surface area contributed by atoms with E-state index < -0.39 is 0 Å². The number of aromatic nitrogens is 1. The van der Waals surface area contributed by atoms with Gasteiger partial charge in [-0.05, 0) is 50.2 Å². The van der Waals surface area contributed by atoms with E-state index >= 15 is 0 Å². The lowest BCUT2D eigenvalue weighted by atomic mass is 10.1. The number of hydrogen-bond donors (Lipinski definition) is 2. The van der Waals surface area contributed by atoms with Gasteiger partial charge in [0.1, 0.15) is 5.75 Å². The van der Waals surface area contributed by atoms with Gasteiger partial charge in [-0.15, -0.1) is 0 Å². The molecule has 0 atom stereocenters. The molecule has 0 radical (unpaired) electrons. The van der Waals surface area contributed by atoms with E-state index in [1.165, 1.54) is 0 Å². The molecule has 4 rings (SSSR count).